The van der Waals surface area contributed by atoms with E-state index in [1.54, 1.807) is 0 Å². The minimum atomic E-state index is 0.149. The number of H-pyrrole nitrogens is 1. The highest BCUT2D eigenvalue weighted by atomic mass is 16.2. The molecule has 2 N–H and O–H groups in total. The van der Waals surface area contributed by atoms with Gasteiger partial charge in [0.2, 0.25) is 0 Å². The number of carbonyl (C=O) groups is 1. The molecule has 1 aliphatic heterocycles. The Labute approximate surface area is 112 Å². The van der Waals surface area contributed by atoms with Crippen LogP contribution in [0, 0.1) is 5.92 Å². The fourth-order valence-electron chi connectivity index (χ4n) is 2.89. The molecule has 0 spiro atoms. The van der Waals surface area contributed by atoms with Crippen molar-refractivity contribution in [1.82, 2.24) is 15.2 Å². The van der Waals surface area contributed by atoms with Crippen LogP contribution in [-0.2, 0) is 0 Å². The van der Waals surface area contributed by atoms with Gasteiger partial charge in [-0.25, -0.2) is 0 Å². The van der Waals surface area contributed by atoms with Gasteiger partial charge in [-0.2, -0.15) is 0 Å². The molecule has 1 aliphatic rings. The smallest absolute Gasteiger partial charge is 0.256 e. The summed E-state index contributed by atoms with van der Waals surface area (Å²) in [6.45, 7) is 2.71. The number of rotatable bonds is 3. The Kier molecular flexibility index (Phi) is 3.25. The molecule has 0 radical (unpaired) electrons. The van der Waals surface area contributed by atoms with E-state index in [9.17, 15) is 4.79 Å². The predicted octanol–water partition coefficient (Wildman–Crippen LogP) is 1.85. The van der Waals surface area contributed by atoms with Crippen molar-refractivity contribution in [2.24, 2.45) is 5.92 Å². The fraction of sp³-hybridized carbons (Fsp3) is 0.400. The Morgan fingerprint density at radius 3 is 3.16 bits per heavy atom. The van der Waals surface area contributed by atoms with Crippen molar-refractivity contribution in [1.29, 1.82) is 0 Å². The van der Waals surface area contributed by atoms with Crippen LogP contribution in [0.15, 0.2) is 30.5 Å². The van der Waals surface area contributed by atoms with E-state index in [0.717, 1.165) is 42.5 Å². The summed E-state index contributed by atoms with van der Waals surface area (Å²) in [5, 5.41) is 4.21. The lowest BCUT2D eigenvalue weighted by Crippen LogP contribution is -2.30. The molecule has 1 aromatic carbocycles. The summed E-state index contributed by atoms with van der Waals surface area (Å²) in [6, 6.07) is 7.95. The molecular weight excluding hydrogens is 238 g/mol. The quantitative estimate of drug-likeness (QED) is 0.881. The Morgan fingerprint density at radius 1 is 1.47 bits per heavy atom. The Hall–Kier alpha value is -1.81. The number of benzene rings is 1. The molecule has 100 valence electrons. The SMILES string of the molecule is CNCC1CCN(C(=O)c2c[nH]c3ccccc23)C1. The normalized spacial score (nSPS) is 19.2. The number of hydrogen-bond acceptors (Lipinski definition) is 2. The molecule has 4 heteroatoms. The summed E-state index contributed by atoms with van der Waals surface area (Å²) in [5.41, 5.74) is 1.82. The highest BCUT2D eigenvalue weighted by Crippen LogP contribution is 2.23. The van der Waals surface area contributed by atoms with Crippen molar-refractivity contribution in [3.05, 3.63) is 36.0 Å². The maximum atomic E-state index is 12.6. The first-order valence-electron chi connectivity index (χ1n) is 6.79. The predicted molar refractivity (Wildman–Crippen MR) is 76.2 cm³/mol. The summed E-state index contributed by atoms with van der Waals surface area (Å²) < 4.78 is 0. The van der Waals surface area contributed by atoms with Crippen molar-refractivity contribution in [3.8, 4) is 0 Å². The molecule has 19 heavy (non-hydrogen) atoms. The van der Waals surface area contributed by atoms with Gasteiger partial charge in [0, 0.05) is 30.2 Å². The van der Waals surface area contributed by atoms with Gasteiger partial charge in [-0.05, 0) is 32.0 Å². The van der Waals surface area contributed by atoms with E-state index in [0.29, 0.717) is 5.92 Å². The Bertz CT molecular complexity index is 590. The van der Waals surface area contributed by atoms with Crippen molar-refractivity contribution < 1.29 is 4.79 Å². The average Bonchev–Trinajstić information content (AvgIpc) is 3.05. The van der Waals surface area contributed by atoms with Gasteiger partial charge in [0.15, 0.2) is 0 Å². The van der Waals surface area contributed by atoms with Gasteiger partial charge in [0.25, 0.3) is 5.91 Å². The number of para-hydroxylation sites is 1. The van der Waals surface area contributed by atoms with Gasteiger partial charge in [-0.3, -0.25) is 4.79 Å². The van der Waals surface area contributed by atoms with Crippen molar-refractivity contribution in [3.63, 3.8) is 0 Å². The molecule has 1 fully saturated rings. The van der Waals surface area contributed by atoms with E-state index in [1.807, 2.05) is 42.4 Å². The number of amides is 1. The summed E-state index contributed by atoms with van der Waals surface area (Å²) >= 11 is 0. The van der Waals surface area contributed by atoms with E-state index < -0.39 is 0 Å². The maximum Gasteiger partial charge on any atom is 0.256 e. The average molecular weight is 257 g/mol. The third-order valence-corrected chi connectivity index (χ3v) is 3.89. The van der Waals surface area contributed by atoms with Crippen LogP contribution in [0.1, 0.15) is 16.8 Å². The fourth-order valence-corrected chi connectivity index (χ4v) is 2.89. The molecule has 1 saturated heterocycles. The van der Waals surface area contributed by atoms with Crippen LogP contribution in [0.25, 0.3) is 10.9 Å². The first kappa shape index (κ1) is 12.2. The first-order valence-corrected chi connectivity index (χ1v) is 6.79. The van der Waals surface area contributed by atoms with Crippen LogP contribution in [0.4, 0.5) is 0 Å². The number of hydrogen-bond donors (Lipinski definition) is 2. The summed E-state index contributed by atoms with van der Waals surface area (Å²) in [4.78, 5) is 17.7. The Morgan fingerprint density at radius 2 is 2.32 bits per heavy atom. The zero-order valence-electron chi connectivity index (χ0n) is 11.1. The second kappa shape index (κ2) is 5.05. The largest absolute Gasteiger partial charge is 0.360 e. The third kappa shape index (κ3) is 2.24. The molecule has 0 bridgehead atoms. The third-order valence-electron chi connectivity index (χ3n) is 3.89. The lowest BCUT2D eigenvalue weighted by atomic mass is 10.1. The number of nitrogens with zero attached hydrogens (tertiary/aromatic N) is 1. The molecule has 1 unspecified atom stereocenters. The number of aromatic nitrogens is 1. The van der Waals surface area contributed by atoms with E-state index in [2.05, 4.69) is 10.3 Å². The standard InChI is InChI=1S/C15H19N3O/c1-16-8-11-6-7-18(10-11)15(19)13-9-17-14-5-3-2-4-12(13)14/h2-5,9,11,16-17H,6-8,10H2,1H3. The molecular formula is C15H19N3O. The molecule has 1 amide bonds. The van der Waals surface area contributed by atoms with Gasteiger partial charge >= 0.3 is 0 Å². The minimum Gasteiger partial charge on any atom is -0.360 e. The lowest BCUT2D eigenvalue weighted by Gasteiger charge is -2.16. The number of carbonyl (C=O) groups excluding carboxylic acids is 1. The van der Waals surface area contributed by atoms with Gasteiger partial charge in [0.05, 0.1) is 5.56 Å². The number of fused-ring (bicyclic) bond motifs is 1. The topological polar surface area (TPSA) is 48.1 Å². The van der Waals surface area contributed by atoms with Crippen LogP contribution in [-0.4, -0.2) is 42.5 Å². The number of likely N-dealkylation sites (tertiary alicyclic amines) is 1. The van der Waals surface area contributed by atoms with Crippen LogP contribution in [0.3, 0.4) is 0 Å². The van der Waals surface area contributed by atoms with Crippen LogP contribution in [0.2, 0.25) is 0 Å². The van der Waals surface area contributed by atoms with Gasteiger partial charge in [0.1, 0.15) is 0 Å². The molecule has 0 saturated carbocycles. The number of aromatic amines is 1. The maximum absolute atomic E-state index is 12.6. The van der Waals surface area contributed by atoms with Gasteiger partial charge in [-0.15, -0.1) is 0 Å². The molecule has 1 aromatic heterocycles. The van der Waals surface area contributed by atoms with E-state index in [4.69, 9.17) is 0 Å². The lowest BCUT2D eigenvalue weighted by molar-refractivity contribution is 0.0789. The second-order valence-electron chi connectivity index (χ2n) is 5.21. The zero-order chi connectivity index (χ0) is 13.2. The Balaban J connectivity index is 1.81. The first-order chi connectivity index (χ1) is 9.29. The minimum absolute atomic E-state index is 0.149. The van der Waals surface area contributed by atoms with Crippen molar-refractivity contribution >= 4 is 16.8 Å². The summed E-state index contributed by atoms with van der Waals surface area (Å²) in [6.07, 6.45) is 2.92. The summed E-state index contributed by atoms with van der Waals surface area (Å²) in [7, 11) is 1.96. The van der Waals surface area contributed by atoms with Crippen LogP contribution < -0.4 is 5.32 Å². The van der Waals surface area contributed by atoms with Gasteiger partial charge < -0.3 is 15.2 Å². The highest BCUT2D eigenvalue weighted by molar-refractivity contribution is 6.06. The highest BCUT2D eigenvalue weighted by Gasteiger charge is 2.27. The second-order valence-corrected chi connectivity index (χ2v) is 5.21. The molecule has 2 heterocycles. The van der Waals surface area contributed by atoms with E-state index in [-0.39, 0.29) is 5.91 Å². The van der Waals surface area contributed by atoms with Crippen LogP contribution in [0.5, 0.6) is 0 Å². The molecule has 3 rings (SSSR count). The summed E-state index contributed by atoms with van der Waals surface area (Å²) in [5.74, 6) is 0.732. The van der Waals surface area contributed by atoms with E-state index in [1.165, 1.54) is 0 Å². The van der Waals surface area contributed by atoms with Crippen molar-refractivity contribution in [2.75, 3.05) is 26.7 Å². The van der Waals surface area contributed by atoms with Gasteiger partial charge in [-0.1, -0.05) is 18.2 Å². The van der Waals surface area contributed by atoms with Crippen molar-refractivity contribution in [2.45, 2.75) is 6.42 Å². The molecule has 0 aliphatic carbocycles. The van der Waals surface area contributed by atoms with E-state index >= 15 is 0 Å². The molecule has 2 aromatic rings. The number of nitrogens with one attached hydrogen (secondary N) is 2. The zero-order valence-corrected chi connectivity index (χ0v) is 11.1. The van der Waals surface area contributed by atoms with Crippen LogP contribution >= 0.6 is 0 Å². The molecule has 1 atom stereocenters. The molecule has 4 nitrogen and oxygen atoms in total. The monoisotopic (exact) mass is 257 g/mol.